The summed E-state index contributed by atoms with van der Waals surface area (Å²) in [6.07, 6.45) is 8.08. The molecule has 0 aliphatic heterocycles. The van der Waals surface area contributed by atoms with Crippen molar-refractivity contribution in [2.75, 3.05) is 13.6 Å². The molecule has 1 saturated carbocycles. The minimum absolute atomic E-state index is 0.466. The molecule has 1 fully saturated rings. The van der Waals surface area contributed by atoms with E-state index in [1.54, 1.807) is 0 Å². The Morgan fingerprint density at radius 3 is 2.59 bits per heavy atom. The number of rotatable bonds is 4. The summed E-state index contributed by atoms with van der Waals surface area (Å²) in [5, 5.41) is 7.86. The lowest BCUT2D eigenvalue weighted by molar-refractivity contribution is 0.181. The van der Waals surface area contributed by atoms with E-state index >= 15 is 0 Å². The highest BCUT2D eigenvalue weighted by molar-refractivity contribution is 5.11. The summed E-state index contributed by atoms with van der Waals surface area (Å²) >= 11 is 0. The third-order valence-corrected chi connectivity index (χ3v) is 4.12. The van der Waals surface area contributed by atoms with Crippen LogP contribution in [0.4, 0.5) is 0 Å². The molecule has 0 spiro atoms. The van der Waals surface area contributed by atoms with Gasteiger partial charge in [-0.15, -0.1) is 0 Å². The smallest absolute Gasteiger partial charge is 0.0596 e. The zero-order valence-electron chi connectivity index (χ0n) is 11.4. The number of nitrogens with one attached hydrogen (secondary N) is 1. The molecule has 0 unspecified atom stereocenters. The highest BCUT2D eigenvalue weighted by Crippen LogP contribution is 2.38. The Bertz CT molecular complexity index is 356. The lowest BCUT2D eigenvalue weighted by Crippen LogP contribution is -2.37. The van der Waals surface area contributed by atoms with Gasteiger partial charge in [0, 0.05) is 19.3 Å². The Balaban J connectivity index is 2.14. The molecule has 0 radical (unpaired) electrons. The van der Waals surface area contributed by atoms with Gasteiger partial charge in [-0.25, -0.2) is 0 Å². The molecule has 2 rings (SSSR count). The molecule has 0 bridgehead atoms. The minimum Gasteiger partial charge on any atom is -0.319 e. The Hall–Kier alpha value is -0.830. The van der Waals surface area contributed by atoms with Gasteiger partial charge in [-0.1, -0.05) is 19.3 Å². The molecule has 96 valence electrons. The summed E-state index contributed by atoms with van der Waals surface area (Å²) in [7, 11) is 4.14. The number of aryl methyl sites for hydroxylation is 2. The van der Waals surface area contributed by atoms with Gasteiger partial charge >= 0.3 is 0 Å². The van der Waals surface area contributed by atoms with E-state index in [-0.39, 0.29) is 0 Å². The average Bonchev–Trinajstić information content (AvgIpc) is 2.59. The van der Waals surface area contributed by atoms with Crippen molar-refractivity contribution in [1.29, 1.82) is 0 Å². The minimum atomic E-state index is 0.466. The van der Waals surface area contributed by atoms with Gasteiger partial charge in [0.1, 0.15) is 0 Å². The SMILES string of the molecule is CNCC1(Cc2cc(C)nn2C)CCCCC1. The largest absolute Gasteiger partial charge is 0.319 e. The molecule has 1 heterocycles. The zero-order chi connectivity index (χ0) is 12.3. The fourth-order valence-corrected chi connectivity index (χ4v) is 3.31. The van der Waals surface area contributed by atoms with Crippen LogP contribution in [0.1, 0.15) is 43.5 Å². The maximum Gasteiger partial charge on any atom is 0.0596 e. The Labute approximate surface area is 105 Å². The Morgan fingerprint density at radius 2 is 2.06 bits per heavy atom. The average molecular weight is 235 g/mol. The summed E-state index contributed by atoms with van der Waals surface area (Å²) in [4.78, 5) is 0. The first kappa shape index (κ1) is 12.6. The molecule has 1 N–H and O–H groups in total. The summed E-state index contributed by atoms with van der Waals surface area (Å²) in [6.45, 7) is 3.21. The van der Waals surface area contributed by atoms with E-state index in [9.17, 15) is 0 Å². The van der Waals surface area contributed by atoms with E-state index in [4.69, 9.17) is 0 Å². The fraction of sp³-hybridized carbons (Fsp3) is 0.786. The molecule has 1 aliphatic rings. The number of nitrogens with zero attached hydrogens (tertiary/aromatic N) is 2. The van der Waals surface area contributed by atoms with Crippen LogP contribution < -0.4 is 5.32 Å². The monoisotopic (exact) mass is 235 g/mol. The number of hydrogen-bond donors (Lipinski definition) is 1. The molecule has 3 heteroatoms. The van der Waals surface area contributed by atoms with E-state index < -0.39 is 0 Å². The lowest BCUT2D eigenvalue weighted by atomic mass is 9.71. The predicted molar refractivity (Wildman–Crippen MR) is 71.1 cm³/mol. The van der Waals surface area contributed by atoms with E-state index in [1.807, 2.05) is 0 Å². The molecule has 17 heavy (non-hydrogen) atoms. The highest BCUT2D eigenvalue weighted by atomic mass is 15.3. The summed E-state index contributed by atoms with van der Waals surface area (Å²) in [6, 6.07) is 2.24. The molecule has 1 aromatic heterocycles. The van der Waals surface area contributed by atoms with Crippen molar-refractivity contribution in [3.63, 3.8) is 0 Å². The van der Waals surface area contributed by atoms with Crippen molar-refractivity contribution in [2.45, 2.75) is 45.4 Å². The molecule has 0 atom stereocenters. The van der Waals surface area contributed by atoms with Gasteiger partial charge < -0.3 is 5.32 Å². The van der Waals surface area contributed by atoms with Crippen molar-refractivity contribution in [3.05, 3.63) is 17.5 Å². The van der Waals surface area contributed by atoms with Gasteiger partial charge in [0.05, 0.1) is 5.69 Å². The molecule has 1 aliphatic carbocycles. The van der Waals surface area contributed by atoms with Crippen LogP contribution in [0.15, 0.2) is 6.07 Å². The zero-order valence-corrected chi connectivity index (χ0v) is 11.4. The van der Waals surface area contributed by atoms with Crippen molar-refractivity contribution >= 4 is 0 Å². The molecular formula is C14H25N3. The van der Waals surface area contributed by atoms with E-state index in [2.05, 4.69) is 42.2 Å². The van der Waals surface area contributed by atoms with Crippen LogP contribution in [0.2, 0.25) is 0 Å². The van der Waals surface area contributed by atoms with E-state index in [1.165, 1.54) is 44.2 Å². The van der Waals surface area contributed by atoms with Crippen LogP contribution >= 0.6 is 0 Å². The van der Waals surface area contributed by atoms with Gasteiger partial charge in [-0.05, 0) is 44.7 Å². The Morgan fingerprint density at radius 1 is 1.35 bits per heavy atom. The topological polar surface area (TPSA) is 29.9 Å². The third-order valence-electron chi connectivity index (χ3n) is 4.12. The van der Waals surface area contributed by atoms with Gasteiger partial charge in [0.25, 0.3) is 0 Å². The first-order chi connectivity index (χ1) is 8.15. The molecule has 3 nitrogen and oxygen atoms in total. The van der Waals surface area contributed by atoms with Crippen LogP contribution in [0.3, 0.4) is 0 Å². The van der Waals surface area contributed by atoms with Crippen LogP contribution in [-0.2, 0) is 13.5 Å². The van der Waals surface area contributed by atoms with Gasteiger partial charge in [0.15, 0.2) is 0 Å². The second-order valence-corrected chi connectivity index (χ2v) is 5.67. The molecule has 0 aromatic carbocycles. The van der Waals surface area contributed by atoms with Gasteiger partial charge in [-0.2, -0.15) is 5.10 Å². The molecule has 1 aromatic rings. The van der Waals surface area contributed by atoms with Gasteiger partial charge in [-0.3, -0.25) is 4.68 Å². The standard InChI is InChI=1S/C14H25N3/c1-12-9-13(17(3)16-12)10-14(11-15-2)7-5-4-6-8-14/h9,15H,4-8,10-11H2,1-3H3. The van der Waals surface area contributed by atoms with Crippen LogP contribution in [-0.4, -0.2) is 23.4 Å². The summed E-state index contributed by atoms with van der Waals surface area (Å²) < 4.78 is 2.06. The van der Waals surface area contributed by atoms with E-state index in [0.717, 1.165) is 12.2 Å². The van der Waals surface area contributed by atoms with Crippen molar-refractivity contribution in [1.82, 2.24) is 15.1 Å². The van der Waals surface area contributed by atoms with Crippen molar-refractivity contribution in [2.24, 2.45) is 12.5 Å². The third kappa shape index (κ3) is 2.89. The quantitative estimate of drug-likeness (QED) is 0.868. The molecular weight excluding hydrogens is 210 g/mol. The summed E-state index contributed by atoms with van der Waals surface area (Å²) in [5.41, 5.74) is 2.99. The molecule has 0 amide bonds. The first-order valence-electron chi connectivity index (χ1n) is 6.79. The normalized spacial score (nSPS) is 19.5. The van der Waals surface area contributed by atoms with E-state index in [0.29, 0.717) is 5.41 Å². The predicted octanol–water partition coefficient (Wildman–Crippen LogP) is 2.44. The number of aromatic nitrogens is 2. The fourth-order valence-electron chi connectivity index (χ4n) is 3.31. The maximum absolute atomic E-state index is 4.46. The highest BCUT2D eigenvalue weighted by Gasteiger charge is 2.32. The summed E-state index contributed by atoms with van der Waals surface area (Å²) in [5.74, 6) is 0. The second kappa shape index (κ2) is 5.21. The van der Waals surface area contributed by atoms with Gasteiger partial charge in [0.2, 0.25) is 0 Å². The van der Waals surface area contributed by atoms with Crippen LogP contribution in [0.5, 0.6) is 0 Å². The number of hydrogen-bond acceptors (Lipinski definition) is 2. The Kier molecular flexibility index (Phi) is 3.87. The van der Waals surface area contributed by atoms with Crippen LogP contribution in [0.25, 0.3) is 0 Å². The maximum atomic E-state index is 4.46. The van der Waals surface area contributed by atoms with Crippen molar-refractivity contribution in [3.8, 4) is 0 Å². The first-order valence-corrected chi connectivity index (χ1v) is 6.79. The lowest BCUT2D eigenvalue weighted by Gasteiger charge is -2.37. The second-order valence-electron chi connectivity index (χ2n) is 5.67. The molecule has 0 saturated heterocycles. The van der Waals surface area contributed by atoms with Crippen molar-refractivity contribution < 1.29 is 0 Å². The van der Waals surface area contributed by atoms with Crippen LogP contribution in [0, 0.1) is 12.3 Å².